The quantitative estimate of drug-likeness (QED) is 0.708. The highest BCUT2D eigenvalue weighted by molar-refractivity contribution is 7.99. The first-order valence-corrected chi connectivity index (χ1v) is 8.59. The number of nitrogens with one attached hydrogen (secondary N) is 1. The van der Waals surface area contributed by atoms with Gasteiger partial charge in [-0.2, -0.15) is 0 Å². The SMILES string of the molecule is COC(=O)c1cccc(Sc2ccc(Cc3ccc[nH]c3=O)cc2)c1. The molecule has 5 heteroatoms. The van der Waals surface area contributed by atoms with Crippen molar-refractivity contribution in [1.29, 1.82) is 0 Å². The number of hydrogen-bond donors (Lipinski definition) is 1. The van der Waals surface area contributed by atoms with E-state index in [1.807, 2.05) is 54.6 Å². The van der Waals surface area contributed by atoms with Crippen molar-refractivity contribution >= 4 is 17.7 Å². The first kappa shape index (κ1) is 17.0. The number of rotatable bonds is 5. The van der Waals surface area contributed by atoms with E-state index in [1.165, 1.54) is 7.11 Å². The van der Waals surface area contributed by atoms with Crippen LogP contribution in [0.1, 0.15) is 21.5 Å². The van der Waals surface area contributed by atoms with E-state index in [0.717, 1.165) is 20.9 Å². The van der Waals surface area contributed by atoms with Gasteiger partial charge in [0.15, 0.2) is 0 Å². The van der Waals surface area contributed by atoms with Gasteiger partial charge in [-0.1, -0.05) is 36.0 Å². The van der Waals surface area contributed by atoms with Gasteiger partial charge in [0.25, 0.3) is 5.56 Å². The van der Waals surface area contributed by atoms with Crippen LogP contribution in [0.3, 0.4) is 0 Å². The first-order valence-electron chi connectivity index (χ1n) is 7.77. The molecule has 0 spiro atoms. The predicted octanol–water partition coefficient (Wildman–Crippen LogP) is 3.90. The molecule has 3 rings (SSSR count). The zero-order valence-electron chi connectivity index (χ0n) is 13.7. The van der Waals surface area contributed by atoms with Gasteiger partial charge in [-0.05, 0) is 42.0 Å². The van der Waals surface area contributed by atoms with Gasteiger partial charge in [0, 0.05) is 28.0 Å². The Kier molecular flexibility index (Phi) is 5.36. The molecule has 0 aliphatic carbocycles. The highest BCUT2D eigenvalue weighted by atomic mass is 32.2. The van der Waals surface area contributed by atoms with Gasteiger partial charge in [-0.15, -0.1) is 0 Å². The fraction of sp³-hybridized carbons (Fsp3) is 0.100. The molecule has 1 N–H and O–H groups in total. The largest absolute Gasteiger partial charge is 0.465 e. The van der Waals surface area contributed by atoms with Gasteiger partial charge >= 0.3 is 5.97 Å². The summed E-state index contributed by atoms with van der Waals surface area (Å²) in [4.78, 5) is 28.1. The summed E-state index contributed by atoms with van der Waals surface area (Å²) in [6.45, 7) is 0. The second-order valence-electron chi connectivity index (χ2n) is 5.47. The molecule has 0 aliphatic heterocycles. The third-order valence-corrected chi connectivity index (χ3v) is 4.71. The Morgan fingerprint density at radius 1 is 1.04 bits per heavy atom. The van der Waals surface area contributed by atoms with Crippen LogP contribution in [0.4, 0.5) is 0 Å². The fourth-order valence-electron chi connectivity index (χ4n) is 2.43. The highest BCUT2D eigenvalue weighted by Gasteiger charge is 2.07. The van der Waals surface area contributed by atoms with Crippen molar-refractivity contribution in [2.45, 2.75) is 16.2 Å². The number of H-pyrrole nitrogens is 1. The minimum absolute atomic E-state index is 0.0550. The number of ether oxygens (including phenoxy) is 1. The average Bonchev–Trinajstić information content (AvgIpc) is 2.65. The molecular formula is C20H17NO3S. The summed E-state index contributed by atoms with van der Waals surface area (Å²) in [5, 5.41) is 0. The molecule has 1 heterocycles. The molecular weight excluding hydrogens is 334 g/mol. The standard InChI is InChI=1S/C20H17NO3S/c1-24-20(23)16-4-2-6-18(13-16)25-17-9-7-14(8-10-17)12-15-5-3-11-21-19(15)22/h2-11,13H,12H2,1H3,(H,21,22). The molecule has 0 amide bonds. The van der Waals surface area contributed by atoms with Gasteiger partial charge in [-0.25, -0.2) is 4.79 Å². The van der Waals surface area contributed by atoms with E-state index >= 15 is 0 Å². The third-order valence-electron chi connectivity index (χ3n) is 3.71. The molecule has 25 heavy (non-hydrogen) atoms. The number of aromatic nitrogens is 1. The lowest BCUT2D eigenvalue weighted by Crippen LogP contribution is -2.11. The summed E-state index contributed by atoms with van der Waals surface area (Å²) >= 11 is 1.57. The summed E-state index contributed by atoms with van der Waals surface area (Å²) in [6, 6.07) is 19.1. The molecule has 0 saturated heterocycles. The third kappa shape index (κ3) is 4.39. The summed E-state index contributed by atoms with van der Waals surface area (Å²) < 4.78 is 4.75. The normalized spacial score (nSPS) is 10.4. The average molecular weight is 351 g/mol. The second kappa shape index (κ2) is 7.85. The van der Waals surface area contributed by atoms with E-state index in [1.54, 1.807) is 24.0 Å². The zero-order chi connectivity index (χ0) is 17.6. The smallest absolute Gasteiger partial charge is 0.337 e. The van der Waals surface area contributed by atoms with Crippen molar-refractivity contribution in [2.75, 3.05) is 7.11 Å². The van der Waals surface area contributed by atoms with Crippen LogP contribution < -0.4 is 5.56 Å². The molecule has 0 atom stereocenters. The Hall–Kier alpha value is -2.79. The number of pyridine rings is 1. The monoisotopic (exact) mass is 351 g/mol. The lowest BCUT2D eigenvalue weighted by atomic mass is 10.1. The minimum Gasteiger partial charge on any atom is -0.465 e. The van der Waals surface area contributed by atoms with Crippen LogP contribution in [0.15, 0.2) is 81.4 Å². The predicted molar refractivity (Wildman–Crippen MR) is 98.2 cm³/mol. The van der Waals surface area contributed by atoms with Crippen LogP contribution in [0.25, 0.3) is 0 Å². The molecule has 0 radical (unpaired) electrons. The molecule has 2 aromatic carbocycles. The Morgan fingerprint density at radius 2 is 1.84 bits per heavy atom. The van der Waals surface area contributed by atoms with Crippen molar-refractivity contribution in [3.8, 4) is 0 Å². The van der Waals surface area contributed by atoms with Gasteiger partial charge in [-0.3, -0.25) is 4.79 Å². The summed E-state index contributed by atoms with van der Waals surface area (Å²) in [5.41, 5.74) is 2.30. The van der Waals surface area contributed by atoms with Gasteiger partial charge < -0.3 is 9.72 Å². The Labute approximate surface area is 149 Å². The summed E-state index contributed by atoms with van der Waals surface area (Å²) in [6.07, 6.45) is 2.23. The van der Waals surface area contributed by atoms with Crippen LogP contribution in [0, 0.1) is 0 Å². The maximum absolute atomic E-state index is 11.7. The second-order valence-corrected chi connectivity index (χ2v) is 6.61. The molecule has 0 bridgehead atoms. The topological polar surface area (TPSA) is 59.2 Å². The number of benzene rings is 2. The number of carbonyl (C=O) groups excluding carboxylic acids is 1. The number of methoxy groups -OCH3 is 1. The number of aromatic amines is 1. The van der Waals surface area contributed by atoms with Crippen LogP contribution in [-0.4, -0.2) is 18.1 Å². The number of esters is 1. The molecule has 4 nitrogen and oxygen atoms in total. The van der Waals surface area contributed by atoms with Crippen molar-refractivity contribution in [1.82, 2.24) is 4.98 Å². The Morgan fingerprint density at radius 3 is 2.56 bits per heavy atom. The zero-order valence-corrected chi connectivity index (χ0v) is 14.5. The van der Waals surface area contributed by atoms with E-state index in [-0.39, 0.29) is 11.5 Å². The van der Waals surface area contributed by atoms with Crippen molar-refractivity contribution < 1.29 is 9.53 Å². The first-order chi connectivity index (χ1) is 12.2. The molecule has 0 unspecified atom stereocenters. The van der Waals surface area contributed by atoms with Crippen molar-refractivity contribution in [3.05, 3.63) is 93.9 Å². The Balaban J connectivity index is 1.72. The summed E-state index contributed by atoms with van der Waals surface area (Å²) in [7, 11) is 1.37. The molecule has 0 fully saturated rings. The van der Waals surface area contributed by atoms with E-state index in [9.17, 15) is 9.59 Å². The van der Waals surface area contributed by atoms with E-state index in [0.29, 0.717) is 12.0 Å². The fourth-order valence-corrected chi connectivity index (χ4v) is 3.31. The van der Waals surface area contributed by atoms with Crippen molar-refractivity contribution in [3.63, 3.8) is 0 Å². The van der Waals surface area contributed by atoms with Gasteiger partial charge in [0.05, 0.1) is 12.7 Å². The highest BCUT2D eigenvalue weighted by Crippen LogP contribution is 2.28. The summed E-state index contributed by atoms with van der Waals surface area (Å²) in [5.74, 6) is -0.342. The van der Waals surface area contributed by atoms with Gasteiger partial charge in [0.1, 0.15) is 0 Å². The lowest BCUT2D eigenvalue weighted by Gasteiger charge is -2.06. The molecule has 126 valence electrons. The van der Waals surface area contributed by atoms with Crippen LogP contribution in [0.5, 0.6) is 0 Å². The number of hydrogen-bond acceptors (Lipinski definition) is 4. The van der Waals surface area contributed by atoms with E-state index < -0.39 is 0 Å². The maximum atomic E-state index is 11.7. The molecule has 1 aromatic heterocycles. The Bertz CT molecular complexity index is 932. The van der Waals surface area contributed by atoms with Crippen LogP contribution >= 0.6 is 11.8 Å². The van der Waals surface area contributed by atoms with Crippen LogP contribution in [0.2, 0.25) is 0 Å². The van der Waals surface area contributed by atoms with E-state index in [4.69, 9.17) is 4.74 Å². The van der Waals surface area contributed by atoms with E-state index in [2.05, 4.69) is 4.98 Å². The van der Waals surface area contributed by atoms with Crippen molar-refractivity contribution in [2.24, 2.45) is 0 Å². The molecule has 3 aromatic rings. The maximum Gasteiger partial charge on any atom is 0.337 e. The lowest BCUT2D eigenvalue weighted by molar-refractivity contribution is 0.0600. The van der Waals surface area contributed by atoms with Gasteiger partial charge in [0.2, 0.25) is 0 Å². The van der Waals surface area contributed by atoms with Crippen LogP contribution in [-0.2, 0) is 11.2 Å². The molecule has 0 saturated carbocycles. The minimum atomic E-state index is -0.342. The molecule has 0 aliphatic rings. The number of carbonyl (C=O) groups is 1.